The molecule has 1 aromatic rings. The van der Waals surface area contributed by atoms with Crippen LogP contribution in [0, 0.1) is 0 Å². The highest BCUT2D eigenvalue weighted by Gasteiger charge is 2.25. The van der Waals surface area contributed by atoms with Gasteiger partial charge < -0.3 is 15.8 Å². The zero-order valence-electron chi connectivity index (χ0n) is 10.6. The van der Waals surface area contributed by atoms with Gasteiger partial charge in [0.2, 0.25) is 0 Å². The van der Waals surface area contributed by atoms with Crippen molar-refractivity contribution in [3.05, 3.63) is 29.8 Å². The highest BCUT2D eigenvalue weighted by molar-refractivity contribution is 5.30. The van der Waals surface area contributed by atoms with Crippen molar-refractivity contribution in [2.24, 2.45) is 5.73 Å². The van der Waals surface area contributed by atoms with Gasteiger partial charge in [0.15, 0.2) is 0 Å². The van der Waals surface area contributed by atoms with Crippen molar-refractivity contribution in [2.75, 3.05) is 13.7 Å². The lowest BCUT2D eigenvalue weighted by Crippen LogP contribution is -2.46. The predicted octanol–water partition coefficient (Wildman–Crippen LogP) is 2.08. The van der Waals surface area contributed by atoms with E-state index in [0.717, 1.165) is 11.3 Å². The lowest BCUT2D eigenvalue weighted by atomic mass is 9.89. The van der Waals surface area contributed by atoms with Crippen LogP contribution in [0.4, 0.5) is 0 Å². The summed E-state index contributed by atoms with van der Waals surface area (Å²) in [5, 5.41) is 3.22. The summed E-state index contributed by atoms with van der Waals surface area (Å²) in [6.45, 7) is 6.85. The predicted molar refractivity (Wildman–Crippen MR) is 67.7 cm³/mol. The zero-order chi connectivity index (χ0) is 12.2. The van der Waals surface area contributed by atoms with Crippen LogP contribution in [0.5, 0.6) is 5.75 Å². The molecule has 90 valence electrons. The van der Waals surface area contributed by atoms with Gasteiger partial charge in [-0.15, -0.1) is 0 Å². The molecule has 0 radical (unpaired) electrons. The topological polar surface area (TPSA) is 47.3 Å². The van der Waals surface area contributed by atoms with E-state index in [4.69, 9.17) is 10.5 Å². The van der Waals surface area contributed by atoms with Gasteiger partial charge in [-0.05, 0) is 45.5 Å². The Labute approximate surface area is 98.0 Å². The largest absolute Gasteiger partial charge is 0.494 e. The number of ether oxygens (including phenoxy) is 1. The lowest BCUT2D eigenvalue weighted by molar-refractivity contribution is 0.337. The van der Waals surface area contributed by atoms with Gasteiger partial charge >= 0.3 is 0 Å². The number of nitrogens with two attached hydrogens (primary N) is 1. The van der Waals surface area contributed by atoms with E-state index in [1.165, 1.54) is 0 Å². The maximum atomic E-state index is 6.20. The standard InChI is InChI=1S/C13H22N2O/c1-5-16-11-8-6-10(7-9-11)12(14)13(2,3)15-4/h6-9,12,15H,5,14H2,1-4H3. The number of benzene rings is 1. The van der Waals surface area contributed by atoms with Crippen molar-refractivity contribution in [3.8, 4) is 5.75 Å². The lowest BCUT2D eigenvalue weighted by Gasteiger charge is -2.31. The van der Waals surface area contributed by atoms with Gasteiger partial charge in [0.25, 0.3) is 0 Å². The molecule has 1 unspecified atom stereocenters. The summed E-state index contributed by atoms with van der Waals surface area (Å²) in [4.78, 5) is 0. The number of nitrogens with one attached hydrogen (secondary N) is 1. The van der Waals surface area contributed by atoms with E-state index >= 15 is 0 Å². The summed E-state index contributed by atoms with van der Waals surface area (Å²) >= 11 is 0. The minimum Gasteiger partial charge on any atom is -0.494 e. The van der Waals surface area contributed by atoms with Gasteiger partial charge in [0.1, 0.15) is 5.75 Å². The molecule has 0 saturated heterocycles. The molecule has 1 rings (SSSR count). The van der Waals surface area contributed by atoms with E-state index in [9.17, 15) is 0 Å². The monoisotopic (exact) mass is 222 g/mol. The first-order chi connectivity index (χ1) is 7.51. The minimum absolute atomic E-state index is 0.0341. The normalized spacial score (nSPS) is 13.6. The maximum absolute atomic E-state index is 6.20. The average molecular weight is 222 g/mol. The summed E-state index contributed by atoms with van der Waals surface area (Å²) in [5.74, 6) is 0.890. The Morgan fingerprint density at radius 2 is 1.88 bits per heavy atom. The molecule has 0 aromatic heterocycles. The first-order valence-corrected chi connectivity index (χ1v) is 5.68. The van der Waals surface area contributed by atoms with Gasteiger partial charge in [-0.2, -0.15) is 0 Å². The molecular weight excluding hydrogens is 200 g/mol. The summed E-state index contributed by atoms with van der Waals surface area (Å²) in [5.41, 5.74) is 7.20. The van der Waals surface area contributed by atoms with E-state index < -0.39 is 0 Å². The molecule has 0 amide bonds. The van der Waals surface area contributed by atoms with Gasteiger partial charge in [-0.1, -0.05) is 12.1 Å². The Bertz CT molecular complexity index is 319. The van der Waals surface area contributed by atoms with E-state index in [-0.39, 0.29) is 11.6 Å². The van der Waals surface area contributed by atoms with Gasteiger partial charge in [-0.25, -0.2) is 0 Å². The molecular formula is C13H22N2O. The van der Waals surface area contributed by atoms with E-state index in [1.807, 2.05) is 38.2 Å². The van der Waals surface area contributed by atoms with Crippen LogP contribution in [-0.2, 0) is 0 Å². The van der Waals surface area contributed by atoms with E-state index in [0.29, 0.717) is 6.61 Å². The quantitative estimate of drug-likeness (QED) is 0.802. The molecule has 16 heavy (non-hydrogen) atoms. The van der Waals surface area contributed by atoms with E-state index in [1.54, 1.807) is 0 Å². The van der Waals surface area contributed by atoms with Crippen LogP contribution in [-0.4, -0.2) is 19.2 Å². The van der Waals surface area contributed by atoms with Crippen molar-refractivity contribution in [1.82, 2.24) is 5.32 Å². The Morgan fingerprint density at radius 3 is 2.31 bits per heavy atom. The van der Waals surface area contributed by atoms with Crippen LogP contribution < -0.4 is 15.8 Å². The van der Waals surface area contributed by atoms with Crippen LogP contribution in [0.2, 0.25) is 0 Å². The highest BCUT2D eigenvalue weighted by Crippen LogP contribution is 2.24. The first-order valence-electron chi connectivity index (χ1n) is 5.68. The second-order valence-corrected chi connectivity index (χ2v) is 4.45. The van der Waals surface area contributed by atoms with E-state index in [2.05, 4.69) is 19.2 Å². The maximum Gasteiger partial charge on any atom is 0.119 e. The molecule has 1 atom stereocenters. The molecule has 3 heteroatoms. The molecule has 0 bridgehead atoms. The second-order valence-electron chi connectivity index (χ2n) is 4.45. The second kappa shape index (κ2) is 5.32. The van der Waals surface area contributed by atoms with Crippen LogP contribution in [0.15, 0.2) is 24.3 Å². The summed E-state index contributed by atoms with van der Waals surface area (Å²) < 4.78 is 5.40. The smallest absolute Gasteiger partial charge is 0.119 e. The molecule has 3 N–H and O–H groups in total. The molecule has 0 saturated carbocycles. The molecule has 0 fully saturated rings. The fourth-order valence-corrected chi connectivity index (χ4v) is 1.51. The number of hydrogen-bond acceptors (Lipinski definition) is 3. The summed E-state index contributed by atoms with van der Waals surface area (Å²) in [7, 11) is 1.93. The van der Waals surface area contributed by atoms with Gasteiger partial charge in [0, 0.05) is 11.6 Å². The van der Waals surface area contributed by atoms with Crippen LogP contribution in [0.3, 0.4) is 0 Å². The first kappa shape index (κ1) is 13.0. The molecule has 0 heterocycles. The van der Waals surface area contributed by atoms with Crippen molar-refractivity contribution < 1.29 is 4.74 Å². The SMILES string of the molecule is CCOc1ccc(C(N)C(C)(C)NC)cc1. The highest BCUT2D eigenvalue weighted by atomic mass is 16.5. The third-order valence-electron chi connectivity index (χ3n) is 2.97. The molecule has 0 spiro atoms. The number of hydrogen-bond donors (Lipinski definition) is 2. The molecule has 0 aliphatic rings. The Hall–Kier alpha value is -1.06. The Morgan fingerprint density at radius 1 is 1.31 bits per heavy atom. The minimum atomic E-state index is -0.118. The molecule has 0 aliphatic heterocycles. The van der Waals surface area contributed by atoms with Crippen LogP contribution in [0.1, 0.15) is 32.4 Å². The summed E-state index contributed by atoms with van der Waals surface area (Å²) in [6.07, 6.45) is 0. The number of rotatable bonds is 5. The van der Waals surface area contributed by atoms with Crippen molar-refractivity contribution >= 4 is 0 Å². The average Bonchev–Trinajstić information content (AvgIpc) is 2.29. The van der Waals surface area contributed by atoms with Gasteiger partial charge in [0.05, 0.1) is 6.61 Å². The zero-order valence-corrected chi connectivity index (χ0v) is 10.6. The summed E-state index contributed by atoms with van der Waals surface area (Å²) in [6, 6.07) is 7.94. The number of likely N-dealkylation sites (N-methyl/N-ethyl adjacent to an activating group) is 1. The van der Waals surface area contributed by atoms with Crippen LogP contribution in [0.25, 0.3) is 0 Å². The molecule has 3 nitrogen and oxygen atoms in total. The fraction of sp³-hybridized carbons (Fsp3) is 0.538. The molecule has 0 aliphatic carbocycles. The molecule has 1 aromatic carbocycles. The van der Waals surface area contributed by atoms with Crippen LogP contribution >= 0.6 is 0 Å². The third kappa shape index (κ3) is 2.97. The third-order valence-corrected chi connectivity index (χ3v) is 2.97. The Balaban J connectivity index is 2.81. The Kier molecular flexibility index (Phi) is 4.33. The van der Waals surface area contributed by atoms with Crippen molar-refractivity contribution in [1.29, 1.82) is 0 Å². The van der Waals surface area contributed by atoms with Gasteiger partial charge in [-0.3, -0.25) is 0 Å². The van der Waals surface area contributed by atoms with Crippen molar-refractivity contribution in [3.63, 3.8) is 0 Å². The fourth-order valence-electron chi connectivity index (χ4n) is 1.51. The van der Waals surface area contributed by atoms with Crippen molar-refractivity contribution in [2.45, 2.75) is 32.4 Å².